The van der Waals surface area contributed by atoms with Crippen LogP contribution < -0.4 is 11.1 Å². The van der Waals surface area contributed by atoms with Crippen LogP contribution in [0.1, 0.15) is 11.6 Å². The summed E-state index contributed by atoms with van der Waals surface area (Å²) in [7, 11) is 1.61. The standard InChI is InChI=1S/C14H18N4O2/c1-20-8-7-16-13(14(15)19)11-9-17-18(10-11)12-5-3-2-4-6-12/h2-6,9-10,13,16H,7-8H2,1H3,(H2,15,19). The number of carbonyl (C=O) groups excluding carboxylic acids is 1. The second-order valence-electron chi connectivity index (χ2n) is 4.34. The van der Waals surface area contributed by atoms with Gasteiger partial charge in [0, 0.05) is 25.4 Å². The summed E-state index contributed by atoms with van der Waals surface area (Å²) in [4.78, 5) is 11.5. The third-order valence-corrected chi connectivity index (χ3v) is 2.90. The summed E-state index contributed by atoms with van der Waals surface area (Å²) >= 11 is 0. The Hall–Kier alpha value is -2.18. The Morgan fingerprint density at radius 1 is 1.45 bits per heavy atom. The summed E-state index contributed by atoms with van der Waals surface area (Å²) in [6.07, 6.45) is 3.44. The lowest BCUT2D eigenvalue weighted by atomic mass is 10.1. The fourth-order valence-corrected chi connectivity index (χ4v) is 1.90. The molecule has 0 radical (unpaired) electrons. The number of methoxy groups -OCH3 is 1. The molecule has 1 atom stereocenters. The van der Waals surface area contributed by atoms with Gasteiger partial charge in [0.25, 0.3) is 0 Å². The third kappa shape index (κ3) is 3.43. The van der Waals surface area contributed by atoms with Crippen molar-refractivity contribution in [2.45, 2.75) is 6.04 Å². The number of nitrogens with two attached hydrogens (primary N) is 1. The van der Waals surface area contributed by atoms with Gasteiger partial charge < -0.3 is 10.5 Å². The largest absolute Gasteiger partial charge is 0.383 e. The van der Waals surface area contributed by atoms with E-state index in [9.17, 15) is 4.79 Å². The molecule has 0 aliphatic heterocycles. The Balaban J connectivity index is 2.14. The molecule has 0 spiro atoms. The van der Waals surface area contributed by atoms with Crippen molar-refractivity contribution >= 4 is 5.91 Å². The molecule has 0 aliphatic rings. The van der Waals surface area contributed by atoms with Crippen LogP contribution in [0.15, 0.2) is 42.7 Å². The number of hydrogen-bond donors (Lipinski definition) is 2. The first-order chi connectivity index (χ1) is 9.72. The average Bonchev–Trinajstić information content (AvgIpc) is 2.93. The van der Waals surface area contributed by atoms with E-state index in [1.54, 1.807) is 24.2 Å². The Morgan fingerprint density at radius 2 is 2.20 bits per heavy atom. The van der Waals surface area contributed by atoms with Crippen LogP contribution in [-0.2, 0) is 9.53 Å². The van der Waals surface area contributed by atoms with E-state index in [1.165, 1.54) is 0 Å². The van der Waals surface area contributed by atoms with Gasteiger partial charge in [-0.05, 0) is 12.1 Å². The van der Waals surface area contributed by atoms with Crippen molar-refractivity contribution in [3.8, 4) is 5.69 Å². The lowest BCUT2D eigenvalue weighted by molar-refractivity contribution is -0.120. The third-order valence-electron chi connectivity index (χ3n) is 2.90. The molecule has 0 saturated carbocycles. The molecule has 6 nitrogen and oxygen atoms in total. The van der Waals surface area contributed by atoms with E-state index in [1.807, 2.05) is 30.3 Å². The van der Waals surface area contributed by atoms with Crippen molar-refractivity contribution < 1.29 is 9.53 Å². The normalized spacial score (nSPS) is 12.2. The first-order valence-electron chi connectivity index (χ1n) is 6.34. The summed E-state index contributed by atoms with van der Waals surface area (Å²) in [5.74, 6) is -0.436. The van der Waals surface area contributed by atoms with E-state index < -0.39 is 11.9 Å². The summed E-state index contributed by atoms with van der Waals surface area (Å²) in [5, 5.41) is 7.30. The molecule has 6 heteroatoms. The molecule has 20 heavy (non-hydrogen) atoms. The smallest absolute Gasteiger partial charge is 0.239 e. The van der Waals surface area contributed by atoms with Crippen molar-refractivity contribution in [3.63, 3.8) is 0 Å². The molecule has 0 saturated heterocycles. The minimum Gasteiger partial charge on any atom is -0.383 e. The number of carbonyl (C=O) groups is 1. The van der Waals surface area contributed by atoms with Gasteiger partial charge in [-0.25, -0.2) is 4.68 Å². The maximum atomic E-state index is 11.5. The number of nitrogens with one attached hydrogen (secondary N) is 1. The highest BCUT2D eigenvalue weighted by molar-refractivity contribution is 5.81. The molecule has 0 fully saturated rings. The predicted octanol–water partition coefficient (Wildman–Crippen LogP) is 0.635. The van der Waals surface area contributed by atoms with Crippen LogP contribution in [0.2, 0.25) is 0 Å². The van der Waals surface area contributed by atoms with Gasteiger partial charge in [0.1, 0.15) is 6.04 Å². The Morgan fingerprint density at radius 3 is 2.85 bits per heavy atom. The highest BCUT2D eigenvalue weighted by Gasteiger charge is 2.18. The summed E-state index contributed by atoms with van der Waals surface area (Å²) in [6.45, 7) is 1.05. The monoisotopic (exact) mass is 274 g/mol. The molecular formula is C14H18N4O2. The minimum absolute atomic E-state index is 0.436. The van der Waals surface area contributed by atoms with E-state index in [0.717, 1.165) is 11.3 Å². The highest BCUT2D eigenvalue weighted by Crippen LogP contribution is 2.14. The first kappa shape index (κ1) is 14.2. The number of nitrogens with zero attached hydrogens (tertiary/aromatic N) is 2. The maximum absolute atomic E-state index is 11.5. The van der Waals surface area contributed by atoms with Crippen molar-refractivity contribution in [1.29, 1.82) is 0 Å². The predicted molar refractivity (Wildman–Crippen MR) is 75.4 cm³/mol. The van der Waals surface area contributed by atoms with E-state index in [4.69, 9.17) is 10.5 Å². The zero-order chi connectivity index (χ0) is 14.4. The summed E-state index contributed by atoms with van der Waals surface area (Å²) in [5.41, 5.74) is 7.08. The van der Waals surface area contributed by atoms with Gasteiger partial charge in [-0.15, -0.1) is 0 Å². The number of ether oxygens (including phenoxy) is 1. The van der Waals surface area contributed by atoms with Crippen LogP contribution in [-0.4, -0.2) is 35.9 Å². The van der Waals surface area contributed by atoms with Gasteiger partial charge in [0.15, 0.2) is 0 Å². The molecule has 0 bridgehead atoms. The van der Waals surface area contributed by atoms with Crippen molar-refractivity contribution in [2.24, 2.45) is 5.73 Å². The van der Waals surface area contributed by atoms with Gasteiger partial charge in [0.2, 0.25) is 5.91 Å². The van der Waals surface area contributed by atoms with Gasteiger partial charge in [-0.3, -0.25) is 10.1 Å². The van der Waals surface area contributed by atoms with Crippen LogP contribution in [0.3, 0.4) is 0 Å². The molecule has 2 rings (SSSR count). The van der Waals surface area contributed by atoms with Crippen LogP contribution in [0, 0.1) is 0 Å². The van der Waals surface area contributed by atoms with E-state index in [0.29, 0.717) is 13.2 Å². The first-order valence-corrected chi connectivity index (χ1v) is 6.34. The molecule has 1 aromatic heterocycles. The molecule has 1 amide bonds. The van der Waals surface area contributed by atoms with Crippen molar-refractivity contribution in [2.75, 3.05) is 20.3 Å². The maximum Gasteiger partial charge on any atom is 0.239 e. The number of aromatic nitrogens is 2. The number of benzene rings is 1. The van der Waals surface area contributed by atoms with Gasteiger partial charge in [-0.2, -0.15) is 5.10 Å². The quantitative estimate of drug-likeness (QED) is 0.726. The van der Waals surface area contributed by atoms with Gasteiger partial charge in [0.05, 0.1) is 18.5 Å². The van der Waals surface area contributed by atoms with Crippen LogP contribution in [0.4, 0.5) is 0 Å². The van der Waals surface area contributed by atoms with Crippen LogP contribution in [0.25, 0.3) is 5.69 Å². The fraction of sp³-hybridized carbons (Fsp3) is 0.286. The zero-order valence-electron chi connectivity index (χ0n) is 11.3. The number of para-hydroxylation sites is 1. The fourth-order valence-electron chi connectivity index (χ4n) is 1.90. The number of hydrogen-bond acceptors (Lipinski definition) is 4. The second-order valence-corrected chi connectivity index (χ2v) is 4.34. The molecule has 106 valence electrons. The van der Waals surface area contributed by atoms with Gasteiger partial charge >= 0.3 is 0 Å². The van der Waals surface area contributed by atoms with Crippen LogP contribution >= 0.6 is 0 Å². The number of rotatable bonds is 7. The van der Waals surface area contributed by atoms with Crippen LogP contribution in [0.5, 0.6) is 0 Å². The molecule has 1 unspecified atom stereocenters. The zero-order valence-corrected chi connectivity index (χ0v) is 11.3. The average molecular weight is 274 g/mol. The summed E-state index contributed by atoms with van der Waals surface area (Å²) < 4.78 is 6.66. The van der Waals surface area contributed by atoms with E-state index >= 15 is 0 Å². The number of primary amides is 1. The Kier molecular flexibility index (Phi) is 4.86. The van der Waals surface area contributed by atoms with Gasteiger partial charge in [-0.1, -0.05) is 18.2 Å². The molecule has 1 heterocycles. The molecular weight excluding hydrogens is 256 g/mol. The summed E-state index contributed by atoms with van der Waals surface area (Å²) in [6, 6.07) is 9.11. The second kappa shape index (κ2) is 6.83. The highest BCUT2D eigenvalue weighted by atomic mass is 16.5. The minimum atomic E-state index is -0.567. The molecule has 3 N–H and O–H groups in total. The topological polar surface area (TPSA) is 82.2 Å². The lowest BCUT2D eigenvalue weighted by Gasteiger charge is -2.13. The number of amides is 1. The lowest BCUT2D eigenvalue weighted by Crippen LogP contribution is -2.35. The molecule has 0 aliphatic carbocycles. The van der Waals surface area contributed by atoms with Crippen molar-refractivity contribution in [1.82, 2.24) is 15.1 Å². The molecule has 2 aromatic rings. The SMILES string of the molecule is COCCNC(C(N)=O)c1cnn(-c2ccccc2)c1. The Labute approximate surface area is 117 Å². The van der Waals surface area contributed by atoms with Crippen molar-refractivity contribution in [3.05, 3.63) is 48.3 Å². The molecule has 1 aromatic carbocycles. The Bertz CT molecular complexity index is 553. The van der Waals surface area contributed by atoms with E-state index in [2.05, 4.69) is 10.4 Å². The van der Waals surface area contributed by atoms with E-state index in [-0.39, 0.29) is 0 Å².